The maximum Gasteiger partial charge on any atom is 0.396 e. The number of rotatable bonds is 4. The first-order chi connectivity index (χ1) is 8.69. The van der Waals surface area contributed by atoms with Crippen molar-refractivity contribution in [3.8, 4) is 0 Å². The van der Waals surface area contributed by atoms with Gasteiger partial charge in [-0.15, -0.1) is 5.10 Å². The number of halogens is 1. The first-order valence-electron chi connectivity index (χ1n) is 4.85. The van der Waals surface area contributed by atoms with Crippen molar-refractivity contribution in [3.05, 3.63) is 23.4 Å². The Labute approximate surface area is 111 Å². The lowest BCUT2D eigenvalue weighted by molar-refractivity contribution is 0.0475. The van der Waals surface area contributed by atoms with Gasteiger partial charge in [-0.3, -0.25) is 4.98 Å². The minimum atomic E-state index is -0.658. The summed E-state index contributed by atoms with van der Waals surface area (Å²) in [5, 5.41) is 8.14. The van der Waals surface area contributed by atoms with Crippen LogP contribution in [0.25, 0.3) is 0 Å². The van der Waals surface area contributed by atoms with Crippen molar-refractivity contribution >= 4 is 29.3 Å². The third-order valence-corrected chi connectivity index (χ3v) is 2.56. The molecule has 0 aromatic carbocycles. The molecule has 9 heteroatoms. The van der Waals surface area contributed by atoms with Crippen LogP contribution in [0.2, 0.25) is 5.15 Å². The summed E-state index contributed by atoms with van der Waals surface area (Å²) in [4.78, 5) is 19.1. The third-order valence-electron chi connectivity index (χ3n) is 1.63. The molecule has 0 saturated heterocycles. The molecule has 0 saturated carbocycles. The maximum absolute atomic E-state index is 11.3. The highest BCUT2D eigenvalue weighted by Crippen LogP contribution is 2.24. The van der Waals surface area contributed by atoms with Gasteiger partial charge >= 0.3 is 11.9 Å². The molecule has 94 valence electrons. The average molecular weight is 287 g/mol. The highest BCUT2D eigenvalue weighted by Gasteiger charge is 2.16. The van der Waals surface area contributed by atoms with E-state index in [2.05, 4.69) is 20.2 Å². The molecule has 0 spiro atoms. The Morgan fingerprint density at radius 2 is 2.33 bits per heavy atom. The summed E-state index contributed by atoms with van der Waals surface area (Å²) in [6, 6.07) is 0. The lowest BCUT2D eigenvalue weighted by atomic mass is 10.7. The summed E-state index contributed by atoms with van der Waals surface area (Å²) in [5.74, 6) is -0.858. The summed E-state index contributed by atoms with van der Waals surface area (Å²) in [5.41, 5.74) is 0. The molecular formula is C9H7ClN4O3S. The van der Waals surface area contributed by atoms with Crippen LogP contribution in [0.15, 0.2) is 27.1 Å². The molecule has 2 rings (SSSR count). The zero-order chi connectivity index (χ0) is 13.0. The summed E-state index contributed by atoms with van der Waals surface area (Å²) >= 11 is 6.73. The van der Waals surface area contributed by atoms with E-state index in [0.29, 0.717) is 5.03 Å². The Bertz CT molecular complexity index is 562. The second-order valence-corrected chi connectivity index (χ2v) is 4.23. The molecule has 0 aliphatic rings. The topological polar surface area (TPSA) is 91.0 Å². The predicted molar refractivity (Wildman–Crippen MR) is 61.4 cm³/mol. The quantitative estimate of drug-likeness (QED) is 0.786. The van der Waals surface area contributed by atoms with Gasteiger partial charge in [0.1, 0.15) is 10.2 Å². The summed E-state index contributed by atoms with van der Waals surface area (Å²) in [7, 11) is 0. The van der Waals surface area contributed by atoms with Crippen LogP contribution in [0.5, 0.6) is 0 Å². The molecule has 0 radical (unpaired) electrons. The van der Waals surface area contributed by atoms with Gasteiger partial charge in [-0.25, -0.2) is 9.78 Å². The molecule has 2 aromatic rings. The summed E-state index contributed by atoms with van der Waals surface area (Å²) < 4.78 is 9.81. The van der Waals surface area contributed by atoms with Gasteiger partial charge in [0.15, 0.2) is 0 Å². The molecule has 2 heterocycles. The van der Waals surface area contributed by atoms with Crippen LogP contribution in [0.1, 0.15) is 17.6 Å². The van der Waals surface area contributed by atoms with Crippen LogP contribution in [0.4, 0.5) is 0 Å². The molecular weight excluding hydrogens is 280 g/mol. The van der Waals surface area contributed by atoms with E-state index in [-0.39, 0.29) is 22.9 Å². The van der Waals surface area contributed by atoms with Crippen molar-refractivity contribution in [2.75, 3.05) is 6.61 Å². The zero-order valence-corrected chi connectivity index (χ0v) is 10.7. The van der Waals surface area contributed by atoms with Crippen molar-refractivity contribution in [1.29, 1.82) is 0 Å². The van der Waals surface area contributed by atoms with E-state index in [0.717, 1.165) is 11.8 Å². The largest absolute Gasteiger partial charge is 0.459 e. The molecule has 0 amide bonds. The second kappa shape index (κ2) is 5.78. The van der Waals surface area contributed by atoms with Crippen molar-refractivity contribution < 1.29 is 13.9 Å². The van der Waals surface area contributed by atoms with Gasteiger partial charge in [0.2, 0.25) is 0 Å². The second-order valence-electron chi connectivity index (χ2n) is 2.88. The predicted octanol–water partition coefficient (Wildman–Crippen LogP) is 1.84. The summed E-state index contributed by atoms with van der Waals surface area (Å²) in [6.07, 6.45) is 2.90. The maximum atomic E-state index is 11.3. The fourth-order valence-corrected chi connectivity index (χ4v) is 1.83. The molecule has 0 unspecified atom stereocenters. The van der Waals surface area contributed by atoms with E-state index >= 15 is 0 Å². The first kappa shape index (κ1) is 12.8. The molecule has 0 aliphatic heterocycles. The number of carbonyl (C=O) groups is 1. The molecule has 2 aromatic heterocycles. The number of esters is 1. The number of nitrogens with zero attached hydrogens (tertiary/aromatic N) is 4. The number of aromatic nitrogens is 4. The van der Waals surface area contributed by atoms with Crippen molar-refractivity contribution in [2.24, 2.45) is 0 Å². The Balaban J connectivity index is 2.09. The zero-order valence-electron chi connectivity index (χ0n) is 9.16. The standard InChI is InChI=1S/C9H7ClN4O3S/c1-2-16-8(15)7-13-14-9(17-7)18-6-4-11-3-5(10)12-6/h3-4H,2H2,1H3. The molecule has 0 fully saturated rings. The van der Waals surface area contributed by atoms with Crippen LogP contribution < -0.4 is 0 Å². The third kappa shape index (κ3) is 3.17. The van der Waals surface area contributed by atoms with E-state index < -0.39 is 5.97 Å². The van der Waals surface area contributed by atoms with Crippen LogP contribution in [-0.4, -0.2) is 32.7 Å². The van der Waals surface area contributed by atoms with Gasteiger partial charge in [-0.05, 0) is 18.7 Å². The minimum Gasteiger partial charge on any atom is -0.459 e. The Hall–Kier alpha value is -1.67. The van der Waals surface area contributed by atoms with Crippen LogP contribution in [0.3, 0.4) is 0 Å². The monoisotopic (exact) mass is 286 g/mol. The Kier molecular flexibility index (Phi) is 4.11. The number of ether oxygens (including phenoxy) is 1. The van der Waals surface area contributed by atoms with E-state index in [1.165, 1.54) is 12.4 Å². The van der Waals surface area contributed by atoms with E-state index in [1.807, 2.05) is 0 Å². The average Bonchev–Trinajstić information content (AvgIpc) is 2.78. The SMILES string of the molecule is CCOC(=O)c1nnc(Sc2cncc(Cl)n2)o1. The summed E-state index contributed by atoms with van der Waals surface area (Å²) in [6.45, 7) is 1.93. The van der Waals surface area contributed by atoms with Crippen LogP contribution in [0, 0.1) is 0 Å². The van der Waals surface area contributed by atoms with Gasteiger partial charge in [-0.2, -0.15) is 0 Å². The molecule has 0 aliphatic carbocycles. The number of hydrogen-bond acceptors (Lipinski definition) is 8. The van der Waals surface area contributed by atoms with E-state index in [1.54, 1.807) is 6.92 Å². The normalized spacial score (nSPS) is 10.3. The molecule has 0 atom stereocenters. The highest BCUT2D eigenvalue weighted by atomic mass is 35.5. The first-order valence-corrected chi connectivity index (χ1v) is 6.04. The van der Waals surface area contributed by atoms with Crippen molar-refractivity contribution in [1.82, 2.24) is 20.2 Å². The van der Waals surface area contributed by atoms with Gasteiger partial charge in [0.05, 0.1) is 19.0 Å². The fraction of sp³-hybridized carbons (Fsp3) is 0.222. The lowest BCUT2D eigenvalue weighted by Gasteiger charge is -1.95. The molecule has 7 nitrogen and oxygen atoms in total. The molecule has 18 heavy (non-hydrogen) atoms. The Morgan fingerprint density at radius 3 is 3.06 bits per heavy atom. The van der Waals surface area contributed by atoms with Crippen molar-refractivity contribution in [3.63, 3.8) is 0 Å². The smallest absolute Gasteiger partial charge is 0.396 e. The highest BCUT2D eigenvalue weighted by molar-refractivity contribution is 7.99. The van der Waals surface area contributed by atoms with Gasteiger partial charge in [-0.1, -0.05) is 16.7 Å². The lowest BCUT2D eigenvalue weighted by Crippen LogP contribution is -2.04. The van der Waals surface area contributed by atoms with E-state index in [9.17, 15) is 4.79 Å². The molecule has 0 bridgehead atoms. The van der Waals surface area contributed by atoms with Crippen LogP contribution in [-0.2, 0) is 4.74 Å². The number of hydrogen-bond donors (Lipinski definition) is 0. The van der Waals surface area contributed by atoms with Gasteiger partial charge < -0.3 is 9.15 Å². The number of carbonyl (C=O) groups excluding carboxylic acids is 1. The minimum absolute atomic E-state index is 0.162. The van der Waals surface area contributed by atoms with Crippen molar-refractivity contribution in [2.45, 2.75) is 17.2 Å². The van der Waals surface area contributed by atoms with Gasteiger partial charge in [0.25, 0.3) is 5.22 Å². The molecule has 0 N–H and O–H groups in total. The fourth-order valence-electron chi connectivity index (χ4n) is 0.991. The van der Waals surface area contributed by atoms with E-state index in [4.69, 9.17) is 20.8 Å². The Morgan fingerprint density at radius 1 is 1.50 bits per heavy atom. The van der Waals surface area contributed by atoms with Gasteiger partial charge in [0, 0.05) is 0 Å². The van der Waals surface area contributed by atoms with Crippen LogP contribution >= 0.6 is 23.4 Å².